The molecule has 0 bridgehead atoms. The largest absolute Gasteiger partial charge is 0.393 e. The fourth-order valence-corrected chi connectivity index (χ4v) is 3.02. The van der Waals surface area contributed by atoms with Gasteiger partial charge in [0.15, 0.2) is 0 Å². The van der Waals surface area contributed by atoms with Crippen molar-refractivity contribution in [2.24, 2.45) is 5.92 Å². The van der Waals surface area contributed by atoms with E-state index in [1.807, 2.05) is 0 Å². The van der Waals surface area contributed by atoms with E-state index >= 15 is 0 Å². The molecule has 0 saturated heterocycles. The summed E-state index contributed by atoms with van der Waals surface area (Å²) in [5.41, 5.74) is 2.37. The molecule has 1 saturated carbocycles. The maximum absolute atomic E-state index is 9.92. The number of hydrogen-bond acceptors (Lipinski definition) is 2. The zero-order chi connectivity index (χ0) is 12.4. The molecule has 4 heteroatoms. The minimum atomic E-state index is -0.118. The summed E-state index contributed by atoms with van der Waals surface area (Å²) in [4.78, 5) is 0. The van der Waals surface area contributed by atoms with Crippen LogP contribution in [0.25, 0.3) is 0 Å². The van der Waals surface area contributed by atoms with Crippen LogP contribution in [0.1, 0.15) is 44.5 Å². The van der Waals surface area contributed by atoms with E-state index in [0.29, 0.717) is 5.92 Å². The summed E-state index contributed by atoms with van der Waals surface area (Å²) >= 11 is 3.64. The van der Waals surface area contributed by atoms with Crippen LogP contribution in [-0.2, 0) is 19.4 Å². The number of nitrogens with zero attached hydrogens (tertiary/aromatic N) is 2. The van der Waals surface area contributed by atoms with Crippen LogP contribution in [0.4, 0.5) is 0 Å². The Morgan fingerprint density at radius 3 is 2.71 bits per heavy atom. The maximum atomic E-state index is 9.92. The number of rotatable bonds is 6. The Morgan fingerprint density at radius 1 is 1.47 bits per heavy atom. The van der Waals surface area contributed by atoms with Crippen molar-refractivity contribution in [2.75, 3.05) is 0 Å². The van der Waals surface area contributed by atoms with E-state index in [1.165, 1.54) is 18.5 Å². The van der Waals surface area contributed by atoms with Crippen molar-refractivity contribution in [1.29, 1.82) is 0 Å². The number of hydrogen-bond donors (Lipinski definition) is 1. The van der Waals surface area contributed by atoms with E-state index in [1.54, 1.807) is 0 Å². The first-order valence-electron chi connectivity index (χ1n) is 6.59. The first-order chi connectivity index (χ1) is 8.17. The second-order valence-electron chi connectivity index (χ2n) is 4.82. The predicted octanol–water partition coefficient (Wildman–Crippen LogP) is 2.93. The van der Waals surface area contributed by atoms with E-state index in [4.69, 9.17) is 0 Å². The molecule has 2 rings (SSSR count). The molecule has 0 amide bonds. The second-order valence-corrected chi connectivity index (χ2v) is 5.61. The van der Waals surface area contributed by atoms with Gasteiger partial charge in [-0.2, -0.15) is 5.10 Å². The summed E-state index contributed by atoms with van der Waals surface area (Å²) in [7, 11) is 0. The molecule has 0 aromatic carbocycles. The van der Waals surface area contributed by atoms with Crippen LogP contribution in [0.5, 0.6) is 0 Å². The van der Waals surface area contributed by atoms with E-state index in [2.05, 4.69) is 39.6 Å². The van der Waals surface area contributed by atoms with E-state index in [9.17, 15) is 5.11 Å². The summed E-state index contributed by atoms with van der Waals surface area (Å²) < 4.78 is 3.20. The summed E-state index contributed by atoms with van der Waals surface area (Å²) in [6.07, 6.45) is 5.01. The van der Waals surface area contributed by atoms with Gasteiger partial charge < -0.3 is 5.11 Å². The molecule has 1 N–H and O–H groups in total. The van der Waals surface area contributed by atoms with Crippen molar-refractivity contribution in [3.63, 3.8) is 0 Å². The van der Waals surface area contributed by atoms with Gasteiger partial charge in [0.25, 0.3) is 0 Å². The quantitative estimate of drug-likeness (QED) is 0.877. The van der Waals surface area contributed by atoms with Gasteiger partial charge >= 0.3 is 0 Å². The highest BCUT2D eigenvalue weighted by Gasteiger charge is 2.29. The topological polar surface area (TPSA) is 38.0 Å². The van der Waals surface area contributed by atoms with Gasteiger partial charge in [-0.3, -0.25) is 4.68 Å². The van der Waals surface area contributed by atoms with Crippen LogP contribution < -0.4 is 0 Å². The minimum absolute atomic E-state index is 0.118. The molecule has 1 fully saturated rings. The van der Waals surface area contributed by atoms with E-state index in [0.717, 1.165) is 36.0 Å². The van der Waals surface area contributed by atoms with Crippen LogP contribution in [0.3, 0.4) is 0 Å². The molecule has 1 aliphatic carbocycles. The average Bonchev–Trinajstić information content (AvgIpc) is 3.12. The molecule has 1 heterocycles. The molecular formula is C13H21BrN2O. The Morgan fingerprint density at radius 2 is 2.18 bits per heavy atom. The molecular weight excluding hydrogens is 280 g/mol. The van der Waals surface area contributed by atoms with Gasteiger partial charge in [-0.15, -0.1) is 0 Å². The number of halogens is 1. The van der Waals surface area contributed by atoms with Crippen LogP contribution in [0, 0.1) is 5.92 Å². The van der Waals surface area contributed by atoms with Crippen molar-refractivity contribution in [2.45, 2.75) is 58.6 Å². The first-order valence-corrected chi connectivity index (χ1v) is 7.38. The predicted molar refractivity (Wildman–Crippen MR) is 72.0 cm³/mol. The highest BCUT2D eigenvalue weighted by atomic mass is 79.9. The highest BCUT2D eigenvalue weighted by molar-refractivity contribution is 9.10. The third-order valence-corrected chi connectivity index (χ3v) is 4.45. The van der Waals surface area contributed by atoms with Crippen molar-refractivity contribution in [1.82, 2.24) is 9.78 Å². The number of aliphatic hydroxyl groups is 1. The molecule has 1 atom stereocenters. The van der Waals surface area contributed by atoms with Gasteiger partial charge in [0.2, 0.25) is 0 Å². The fraction of sp³-hybridized carbons (Fsp3) is 0.769. The lowest BCUT2D eigenvalue weighted by Crippen LogP contribution is -2.12. The maximum Gasteiger partial charge on any atom is 0.0766 e. The van der Waals surface area contributed by atoms with Crippen molar-refractivity contribution < 1.29 is 5.11 Å². The molecule has 3 nitrogen and oxygen atoms in total. The molecule has 1 aromatic heterocycles. The van der Waals surface area contributed by atoms with Crippen LogP contribution >= 0.6 is 15.9 Å². The van der Waals surface area contributed by atoms with Crippen LogP contribution in [-0.4, -0.2) is 21.0 Å². The first kappa shape index (κ1) is 13.1. The third-order valence-electron chi connectivity index (χ3n) is 3.54. The van der Waals surface area contributed by atoms with Gasteiger partial charge in [0.1, 0.15) is 0 Å². The summed E-state index contributed by atoms with van der Waals surface area (Å²) in [6.45, 7) is 5.13. The van der Waals surface area contributed by atoms with Crippen molar-refractivity contribution in [3.8, 4) is 0 Å². The van der Waals surface area contributed by atoms with Gasteiger partial charge in [0.05, 0.1) is 22.0 Å². The Labute approximate surface area is 111 Å². The third kappa shape index (κ3) is 2.91. The highest BCUT2D eigenvalue weighted by Crippen LogP contribution is 2.35. The average molecular weight is 301 g/mol. The lowest BCUT2D eigenvalue weighted by molar-refractivity contribution is 0.141. The molecule has 96 valence electrons. The van der Waals surface area contributed by atoms with Crippen molar-refractivity contribution >= 4 is 15.9 Å². The summed E-state index contributed by atoms with van der Waals surface area (Å²) in [5.74, 6) is 0.567. The molecule has 1 aliphatic rings. The molecule has 0 aliphatic heterocycles. The Kier molecular flexibility index (Phi) is 4.26. The number of aromatic nitrogens is 2. The van der Waals surface area contributed by atoms with E-state index in [-0.39, 0.29) is 6.10 Å². The lowest BCUT2D eigenvalue weighted by atomic mass is 10.1. The summed E-state index contributed by atoms with van der Waals surface area (Å²) in [6, 6.07) is 0. The van der Waals surface area contributed by atoms with Gasteiger partial charge in [0, 0.05) is 6.54 Å². The number of aliphatic hydroxyl groups excluding tert-OH is 1. The molecule has 17 heavy (non-hydrogen) atoms. The van der Waals surface area contributed by atoms with Crippen molar-refractivity contribution in [3.05, 3.63) is 15.9 Å². The fourth-order valence-electron chi connectivity index (χ4n) is 2.26. The van der Waals surface area contributed by atoms with Crippen LogP contribution in [0.2, 0.25) is 0 Å². The smallest absolute Gasteiger partial charge is 0.0766 e. The molecule has 1 unspecified atom stereocenters. The zero-order valence-electron chi connectivity index (χ0n) is 10.6. The van der Waals surface area contributed by atoms with E-state index < -0.39 is 0 Å². The molecule has 0 spiro atoms. The molecule has 1 aromatic rings. The van der Waals surface area contributed by atoms with Crippen LogP contribution in [0.15, 0.2) is 4.47 Å². The normalized spacial score (nSPS) is 17.4. The van der Waals surface area contributed by atoms with Gasteiger partial charge in [-0.25, -0.2) is 0 Å². The SMILES string of the molecule is CCc1nn(CC)c(CCC(O)C2CC2)c1Br. The zero-order valence-corrected chi connectivity index (χ0v) is 12.2. The monoisotopic (exact) mass is 300 g/mol. The second kappa shape index (κ2) is 5.53. The molecule has 0 radical (unpaired) electrons. The standard InChI is InChI=1S/C13H21BrN2O/c1-3-10-13(14)11(16(4-2)15-10)7-8-12(17)9-5-6-9/h9,12,17H,3-8H2,1-2H3. The lowest BCUT2D eigenvalue weighted by Gasteiger charge is -2.10. The Balaban J connectivity index is 2.04. The van der Waals surface area contributed by atoms with Gasteiger partial charge in [-0.1, -0.05) is 6.92 Å². The summed E-state index contributed by atoms with van der Waals surface area (Å²) in [5, 5.41) is 14.5. The Hall–Kier alpha value is -0.350. The minimum Gasteiger partial charge on any atom is -0.393 e. The van der Waals surface area contributed by atoms with Gasteiger partial charge in [-0.05, 0) is 60.9 Å². The Bertz CT molecular complexity index is 385. The number of aryl methyl sites for hydroxylation is 2.